The summed E-state index contributed by atoms with van der Waals surface area (Å²) in [5.74, 6) is -0.153. The Hall–Kier alpha value is -1.35. The SMILES string of the molecule is COCc1ccc2c(c1)C(C)(C)CC2(C)OC(=O)C(C)(C)C. The number of carbonyl (C=O) groups excluding carboxylic acids is 1. The second kappa shape index (κ2) is 5.38. The Labute approximate surface area is 134 Å². The molecule has 1 aliphatic rings. The zero-order valence-corrected chi connectivity index (χ0v) is 14.9. The Kier molecular flexibility index (Phi) is 4.16. The van der Waals surface area contributed by atoms with E-state index in [0.717, 1.165) is 17.5 Å². The van der Waals surface area contributed by atoms with Crippen molar-refractivity contribution in [3.8, 4) is 0 Å². The van der Waals surface area contributed by atoms with Gasteiger partial charge in [0.15, 0.2) is 0 Å². The van der Waals surface area contributed by atoms with E-state index in [-0.39, 0.29) is 11.4 Å². The second-order valence-electron chi connectivity index (χ2n) is 8.24. The van der Waals surface area contributed by atoms with Crippen molar-refractivity contribution in [2.45, 2.75) is 65.6 Å². The Bertz CT molecular complexity index is 581. The smallest absolute Gasteiger partial charge is 0.312 e. The Morgan fingerprint density at radius 2 is 1.82 bits per heavy atom. The van der Waals surface area contributed by atoms with Crippen LogP contribution >= 0.6 is 0 Å². The van der Waals surface area contributed by atoms with Crippen molar-refractivity contribution in [1.29, 1.82) is 0 Å². The molecule has 1 unspecified atom stereocenters. The first-order chi connectivity index (χ1) is 9.99. The Morgan fingerprint density at radius 1 is 1.18 bits per heavy atom. The van der Waals surface area contributed by atoms with Gasteiger partial charge in [0.2, 0.25) is 0 Å². The highest BCUT2D eigenvalue weighted by Crippen LogP contribution is 2.51. The fourth-order valence-electron chi connectivity index (χ4n) is 3.35. The summed E-state index contributed by atoms with van der Waals surface area (Å²) in [6.07, 6.45) is 0.799. The molecule has 0 saturated carbocycles. The predicted molar refractivity (Wildman–Crippen MR) is 87.7 cm³/mol. The van der Waals surface area contributed by atoms with Gasteiger partial charge in [0.05, 0.1) is 12.0 Å². The summed E-state index contributed by atoms with van der Waals surface area (Å²) in [5, 5.41) is 0. The van der Waals surface area contributed by atoms with E-state index in [1.807, 2.05) is 27.7 Å². The lowest BCUT2D eigenvalue weighted by molar-refractivity contribution is -0.169. The maximum absolute atomic E-state index is 12.4. The molecule has 0 aromatic heterocycles. The summed E-state index contributed by atoms with van der Waals surface area (Å²) >= 11 is 0. The van der Waals surface area contributed by atoms with Crippen molar-refractivity contribution in [3.05, 3.63) is 34.9 Å². The molecule has 1 aromatic rings. The van der Waals surface area contributed by atoms with E-state index >= 15 is 0 Å². The van der Waals surface area contributed by atoms with Gasteiger partial charge >= 0.3 is 5.97 Å². The van der Waals surface area contributed by atoms with Crippen molar-refractivity contribution < 1.29 is 14.3 Å². The molecule has 1 atom stereocenters. The normalized spacial score (nSPS) is 23.2. The molecule has 3 nitrogen and oxygen atoms in total. The van der Waals surface area contributed by atoms with Gasteiger partial charge in [0.1, 0.15) is 5.60 Å². The van der Waals surface area contributed by atoms with Crippen LogP contribution in [0.15, 0.2) is 18.2 Å². The number of hydrogen-bond donors (Lipinski definition) is 0. The summed E-state index contributed by atoms with van der Waals surface area (Å²) < 4.78 is 11.2. The van der Waals surface area contributed by atoms with Crippen LogP contribution in [0.5, 0.6) is 0 Å². The van der Waals surface area contributed by atoms with Gasteiger partial charge in [-0.25, -0.2) is 0 Å². The van der Waals surface area contributed by atoms with Crippen LogP contribution in [0.2, 0.25) is 0 Å². The zero-order chi connectivity index (χ0) is 16.8. The number of ether oxygens (including phenoxy) is 2. The summed E-state index contributed by atoms with van der Waals surface area (Å²) in [4.78, 5) is 12.4. The minimum atomic E-state index is -0.561. The molecule has 0 spiro atoms. The quantitative estimate of drug-likeness (QED) is 0.780. The van der Waals surface area contributed by atoms with Gasteiger partial charge in [-0.15, -0.1) is 0 Å². The van der Waals surface area contributed by atoms with E-state index in [1.54, 1.807) is 7.11 Å². The first kappa shape index (κ1) is 17.0. The van der Waals surface area contributed by atoms with E-state index in [1.165, 1.54) is 5.56 Å². The molecular weight excluding hydrogens is 276 g/mol. The summed E-state index contributed by atoms with van der Waals surface area (Å²) in [6.45, 7) is 12.7. The van der Waals surface area contributed by atoms with Crippen molar-refractivity contribution >= 4 is 5.97 Å². The van der Waals surface area contributed by atoms with Gasteiger partial charge < -0.3 is 9.47 Å². The van der Waals surface area contributed by atoms with Crippen LogP contribution in [-0.2, 0) is 31.9 Å². The van der Waals surface area contributed by atoms with Crippen LogP contribution in [0.1, 0.15) is 64.7 Å². The molecule has 0 saturated heterocycles. The van der Waals surface area contributed by atoms with Gasteiger partial charge in [-0.3, -0.25) is 4.79 Å². The molecule has 0 radical (unpaired) electrons. The molecule has 0 aliphatic heterocycles. The number of rotatable bonds is 3. The van der Waals surface area contributed by atoms with Crippen molar-refractivity contribution in [2.75, 3.05) is 7.11 Å². The molecule has 0 amide bonds. The van der Waals surface area contributed by atoms with Crippen LogP contribution in [0, 0.1) is 5.41 Å². The molecular formula is C19H28O3. The maximum Gasteiger partial charge on any atom is 0.312 e. The van der Waals surface area contributed by atoms with Crippen LogP contribution in [0.3, 0.4) is 0 Å². The average Bonchev–Trinajstić information content (AvgIpc) is 2.55. The first-order valence-electron chi connectivity index (χ1n) is 7.86. The number of methoxy groups -OCH3 is 1. The number of benzene rings is 1. The maximum atomic E-state index is 12.4. The van der Waals surface area contributed by atoms with E-state index in [9.17, 15) is 4.79 Å². The third kappa shape index (κ3) is 3.05. The molecule has 0 heterocycles. The third-order valence-corrected chi connectivity index (χ3v) is 4.40. The first-order valence-corrected chi connectivity index (χ1v) is 7.86. The Morgan fingerprint density at radius 3 is 2.36 bits per heavy atom. The largest absolute Gasteiger partial charge is 0.454 e. The van der Waals surface area contributed by atoms with Crippen molar-refractivity contribution in [3.63, 3.8) is 0 Å². The fraction of sp³-hybridized carbons (Fsp3) is 0.632. The van der Waals surface area contributed by atoms with Gasteiger partial charge in [0.25, 0.3) is 0 Å². The molecule has 0 fully saturated rings. The van der Waals surface area contributed by atoms with Gasteiger partial charge in [-0.2, -0.15) is 0 Å². The van der Waals surface area contributed by atoms with E-state index in [4.69, 9.17) is 9.47 Å². The van der Waals surface area contributed by atoms with Crippen molar-refractivity contribution in [1.82, 2.24) is 0 Å². The summed E-state index contributed by atoms with van der Waals surface area (Å²) in [7, 11) is 1.70. The molecule has 1 aliphatic carbocycles. The highest BCUT2D eigenvalue weighted by molar-refractivity contribution is 5.76. The average molecular weight is 304 g/mol. The molecule has 0 bridgehead atoms. The monoisotopic (exact) mass is 304 g/mol. The highest BCUT2D eigenvalue weighted by atomic mass is 16.6. The highest BCUT2D eigenvalue weighted by Gasteiger charge is 2.48. The van der Waals surface area contributed by atoms with Crippen molar-refractivity contribution in [2.24, 2.45) is 5.41 Å². The minimum absolute atomic E-state index is 0.0218. The topological polar surface area (TPSA) is 35.5 Å². The molecule has 22 heavy (non-hydrogen) atoms. The van der Waals surface area contributed by atoms with Gasteiger partial charge in [-0.1, -0.05) is 32.0 Å². The number of hydrogen-bond acceptors (Lipinski definition) is 3. The van der Waals surface area contributed by atoms with Gasteiger partial charge in [-0.05, 0) is 49.8 Å². The molecule has 2 rings (SSSR count). The number of carbonyl (C=O) groups is 1. The van der Waals surface area contributed by atoms with Crippen LogP contribution < -0.4 is 0 Å². The lowest BCUT2D eigenvalue weighted by Gasteiger charge is -2.31. The lowest BCUT2D eigenvalue weighted by Crippen LogP contribution is -2.34. The Balaban J connectivity index is 2.41. The zero-order valence-electron chi connectivity index (χ0n) is 14.9. The second-order valence-corrected chi connectivity index (χ2v) is 8.24. The van der Waals surface area contributed by atoms with E-state index in [2.05, 4.69) is 32.0 Å². The third-order valence-electron chi connectivity index (χ3n) is 4.40. The molecule has 0 N–H and O–H groups in total. The van der Waals surface area contributed by atoms with Crippen LogP contribution in [0.4, 0.5) is 0 Å². The summed E-state index contributed by atoms with van der Waals surface area (Å²) in [5.41, 5.74) is 2.45. The summed E-state index contributed by atoms with van der Waals surface area (Å²) in [6, 6.07) is 6.34. The van der Waals surface area contributed by atoms with Crippen LogP contribution in [-0.4, -0.2) is 13.1 Å². The van der Waals surface area contributed by atoms with E-state index in [0.29, 0.717) is 6.61 Å². The standard InChI is InChI=1S/C19H28O3/c1-17(2,3)16(20)22-19(6)12-18(4,5)15-10-13(11-21-7)8-9-14(15)19/h8-10H,11-12H2,1-7H3. The number of fused-ring (bicyclic) bond motifs is 1. The van der Waals surface area contributed by atoms with Gasteiger partial charge in [0, 0.05) is 13.5 Å². The molecule has 1 aromatic carbocycles. The van der Waals surface area contributed by atoms with Crippen LogP contribution in [0.25, 0.3) is 0 Å². The predicted octanol–water partition coefficient (Wildman–Crippen LogP) is 4.32. The molecule has 3 heteroatoms. The minimum Gasteiger partial charge on any atom is -0.454 e. The molecule has 122 valence electrons. The lowest BCUT2D eigenvalue weighted by atomic mass is 9.85. The van der Waals surface area contributed by atoms with E-state index < -0.39 is 11.0 Å². The fourth-order valence-corrected chi connectivity index (χ4v) is 3.35. The number of esters is 1.